The maximum atomic E-state index is 13.0. The van der Waals surface area contributed by atoms with Gasteiger partial charge in [0.15, 0.2) is 0 Å². The number of aromatic amines is 1. The summed E-state index contributed by atoms with van der Waals surface area (Å²) < 4.78 is 0. The quantitative estimate of drug-likeness (QED) is 0.689. The molecule has 0 fully saturated rings. The summed E-state index contributed by atoms with van der Waals surface area (Å²) in [5.41, 5.74) is 2.39. The summed E-state index contributed by atoms with van der Waals surface area (Å²) in [4.78, 5) is 19.2. The molecule has 0 bridgehead atoms. The number of carbonyl (C=O) groups excluding carboxylic acids is 1. The summed E-state index contributed by atoms with van der Waals surface area (Å²) in [5, 5.41) is 12.7. The number of carbonyl (C=O) groups is 1. The lowest BCUT2D eigenvalue weighted by Crippen LogP contribution is -2.32. The number of rotatable bonds is 6. The summed E-state index contributed by atoms with van der Waals surface area (Å²) in [7, 11) is 0. The third kappa shape index (κ3) is 3.48. The predicted octanol–water partition coefficient (Wildman–Crippen LogP) is 4.22. The molecule has 0 unspecified atom stereocenters. The first kappa shape index (κ1) is 17.0. The number of aryl methyl sites for hydroxylation is 1. The number of aromatic nitrogens is 1. The van der Waals surface area contributed by atoms with Crippen LogP contribution in [-0.2, 0) is 6.54 Å². The standard InChI is InChI=1S/C18H19ClN2O2S/c1-12-15-10-13(19)5-6-16(15)20-17(12)18(23)21(7-3-8-22)11-14-4-2-9-24-14/h2,4-6,9-10,20,22H,3,7-8,11H2,1H3. The molecule has 2 heterocycles. The van der Waals surface area contributed by atoms with E-state index in [1.54, 1.807) is 16.2 Å². The highest BCUT2D eigenvalue weighted by molar-refractivity contribution is 7.09. The Labute approximate surface area is 149 Å². The van der Waals surface area contributed by atoms with Crippen molar-refractivity contribution in [3.8, 4) is 0 Å². The highest BCUT2D eigenvalue weighted by Crippen LogP contribution is 2.26. The van der Waals surface area contributed by atoms with Crippen LogP contribution in [-0.4, -0.2) is 34.0 Å². The molecule has 0 saturated carbocycles. The summed E-state index contributed by atoms with van der Waals surface area (Å²) >= 11 is 7.69. The van der Waals surface area contributed by atoms with Gasteiger partial charge in [0, 0.05) is 34.0 Å². The van der Waals surface area contributed by atoms with Crippen LogP contribution >= 0.6 is 22.9 Å². The zero-order chi connectivity index (χ0) is 17.1. The van der Waals surface area contributed by atoms with Crippen molar-refractivity contribution in [3.05, 3.63) is 56.9 Å². The van der Waals surface area contributed by atoms with Gasteiger partial charge in [-0.1, -0.05) is 17.7 Å². The average molecular weight is 363 g/mol. The molecular weight excluding hydrogens is 344 g/mol. The normalized spacial score (nSPS) is 11.1. The molecule has 1 aromatic carbocycles. The van der Waals surface area contributed by atoms with Gasteiger partial charge >= 0.3 is 0 Å². The number of aliphatic hydroxyl groups is 1. The van der Waals surface area contributed by atoms with Crippen LogP contribution in [0.5, 0.6) is 0 Å². The summed E-state index contributed by atoms with van der Waals surface area (Å²) in [6, 6.07) is 9.56. The number of H-pyrrole nitrogens is 1. The fourth-order valence-electron chi connectivity index (χ4n) is 2.78. The molecule has 6 heteroatoms. The Balaban J connectivity index is 1.92. The van der Waals surface area contributed by atoms with Crippen molar-refractivity contribution in [2.45, 2.75) is 19.9 Å². The summed E-state index contributed by atoms with van der Waals surface area (Å²) in [5.74, 6) is -0.0540. The summed E-state index contributed by atoms with van der Waals surface area (Å²) in [6.07, 6.45) is 0.558. The van der Waals surface area contributed by atoms with Crippen LogP contribution < -0.4 is 0 Å². The molecule has 24 heavy (non-hydrogen) atoms. The first-order valence-electron chi connectivity index (χ1n) is 7.80. The Hall–Kier alpha value is -1.82. The van der Waals surface area contributed by atoms with Crippen LogP contribution in [0.3, 0.4) is 0 Å². The third-order valence-electron chi connectivity index (χ3n) is 4.03. The van der Waals surface area contributed by atoms with E-state index in [2.05, 4.69) is 4.98 Å². The van der Waals surface area contributed by atoms with Gasteiger partial charge < -0.3 is 15.0 Å². The van der Waals surface area contributed by atoms with Crippen molar-refractivity contribution in [1.82, 2.24) is 9.88 Å². The first-order valence-corrected chi connectivity index (χ1v) is 9.06. The molecule has 2 aromatic heterocycles. The number of benzene rings is 1. The van der Waals surface area contributed by atoms with Gasteiger partial charge in [-0.05, 0) is 48.6 Å². The second-order valence-corrected chi connectivity index (χ2v) is 7.17. The maximum absolute atomic E-state index is 13.0. The molecule has 126 valence electrons. The second-order valence-electron chi connectivity index (χ2n) is 5.70. The third-order valence-corrected chi connectivity index (χ3v) is 5.13. The van der Waals surface area contributed by atoms with Crippen molar-refractivity contribution in [3.63, 3.8) is 0 Å². The Morgan fingerprint density at radius 1 is 1.38 bits per heavy atom. The van der Waals surface area contributed by atoms with Crippen molar-refractivity contribution >= 4 is 39.7 Å². The zero-order valence-electron chi connectivity index (χ0n) is 13.4. The SMILES string of the molecule is Cc1c(C(=O)N(CCCO)Cc2cccs2)[nH]c2ccc(Cl)cc12. The largest absolute Gasteiger partial charge is 0.396 e. The number of nitrogens with zero attached hydrogens (tertiary/aromatic N) is 1. The molecule has 0 aliphatic heterocycles. The monoisotopic (exact) mass is 362 g/mol. The minimum atomic E-state index is -0.0540. The van der Waals surface area contributed by atoms with Gasteiger partial charge in [0.2, 0.25) is 0 Å². The number of hydrogen-bond donors (Lipinski definition) is 2. The molecular formula is C18H19ClN2O2S. The summed E-state index contributed by atoms with van der Waals surface area (Å²) in [6.45, 7) is 3.06. The Morgan fingerprint density at radius 2 is 2.21 bits per heavy atom. The van der Waals surface area contributed by atoms with Crippen molar-refractivity contribution < 1.29 is 9.90 Å². The number of halogens is 1. The van der Waals surface area contributed by atoms with E-state index in [4.69, 9.17) is 16.7 Å². The average Bonchev–Trinajstić information content (AvgIpc) is 3.19. The highest BCUT2D eigenvalue weighted by Gasteiger charge is 2.21. The molecule has 0 aliphatic carbocycles. The van der Waals surface area contributed by atoms with Crippen molar-refractivity contribution in [2.75, 3.05) is 13.2 Å². The van der Waals surface area contributed by atoms with Crippen LogP contribution in [0.4, 0.5) is 0 Å². The highest BCUT2D eigenvalue weighted by atomic mass is 35.5. The zero-order valence-corrected chi connectivity index (χ0v) is 15.0. The second kappa shape index (κ2) is 7.38. The number of aliphatic hydroxyl groups excluding tert-OH is 1. The van der Waals surface area contributed by atoms with Crippen LogP contribution in [0.1, 0.15) is 27.3 Å². The minimum absolute atomic E-state index is 0.0540. The van der Waals surface area contributed by atoms with Crippen molar-refractivity contribution in [1.29, 1.82) is 0 Å². The molecule has 0 radical (unpaired) electrons. The number of thiophene rings is 1. The topological polar surface area (TPSA) is 56.3 Å². The fourth-order valence-corrected chi connectivity index (χ4v) is 3.67. The van der Waals surface area contributed by atoms with E-state index in [1.807, 2.05) is 42.6 Å². The van der Waals surface area contributed by atoms with Gasteiger partial charge in [0.1, 0.15) is 5.69 Å². The number of nitrogens with one attached hydrogen (secondary N) is 1. The smallest absolute Gasteiger partial charge is 0.270 e. The van der Waals surface area contributed by atoms with Crippen LogP contribution in [0.2, 0.25) is 5.02 Å². The lowest BCUT2D eigenvalue weighted by atomic mass is 10.1. The Bertz CT molecular complexity index is 842. The Kier molecular flexibility index (Phi) is 5.23. The van der Waals surface area contributed by atoms with E-state index in [0.717, 1.165) is 21.3 Å². The molecule has 4 nitrogen and oxygen atoms in total. The van der Waals surface area contributed by atoms with Gasteiger partial charge in [-0.25, -0.2) is 0 Å². The lowest BCUT2D eigenvalue weighted by molar-refractivity contribution is 0.0728. The molecule has 3 rings (SSSR count). The van der Waals surface area contributed by atoms with Gasteiger partial charge in [-0.3, -0.25) is 4.79 Å². The minimum Gasteiger partial charge on any atom is -0.396 e. The fraction of sp³-hybridized carbons (Fsp3) is 0.278. The molecule has 0 atom stereocenters. The number of hydrogen-bond acceptors (Lipinski definition) is 3. The predicted molar refractivity (Wildman–Crippen MR) is 98.8 cm³/mol. The van der Waals surface area contributed by atoms with Crippen LogP contribution in [0, 0.1) is 6.92 Å². The molecule has 0 spiro atoms. The lowest BCUT2D eigenvalue weighted by Gasteiger charge is -2.21. The number of amides is 1. The van der Waals surface area contributed by atoms with Gasteiger partial charge in [0.05, 0.1) is 6.54 Å². The number of fused-ring (bicyclic) bond motifs is 1. The molecule has 1 amide bonds. The van der Waals surface area contributed by atoms with E-state index >= 15 is 0 Å². The van der Waals surface area contributed by atoms with E-state index in [1.165, 1.54) is 0 Å². The molecule has 3 aromatic rings. The molecule has 0 aliphatic rings. The molecule has 0 saturated heterocycles. The van der Waals surface area contributed by atoms with Crippen LogP contribution in [0.15, 0.2) is 35.7 Å². The molecule has 2 N–H and O–H groups in total. The van der Waals surface area contributed by atoms with Gasteiger partial charge in [0.25, 0.3) is 5.91 Å². The van der Waals surface area contributed by atoms with E-state index in [-0.39, 0.29) is 12.5 Å². The van der Waals surface area contributed by atoms with E-state index < -0.39 is 0 Å². The van der Waals surface area contributed by atoms with Crippen LogP contribution in [0.25, 0.3) is 10.9 Å². The van der Waals surface area contributed by atoms with Gasteiger partial charge in [-0.15, -0.1) is 11.3 Å². The first-order chi connectivity index (χ1) is 11.6. The van der Waals surface area contributed by atoms with Crippen molar-refractivity contribution in [2.24, 2.45) is 0 Å². The maximum Gasteiger partial charge on any atom is 0.270 e. The van der Waals surface area contributed by atoms with E-state index in [9.17, 15) is 4.79 Å². The van der Waals surface area contributed by atoms with E-state index in [0.29, 0.717) is 30.2 Å². The Morgan fingerprint density at radius 3 is 2.92 bits per heavy atom. The van der Waals surface area contributed by atoms with Gasteiger partial charge in [-0.2, -0.15) is 0 Å².